The van der Waals surface area contributed by atoms with E-state index in [2.05, 4.69) is 70.3 Å². The molecule has 0 aliphatic heterocycles. The zero-order chi connectivity index (χ0) is 25.4. The van der Waals surface area contributed by atoms with Gasteiger partial charge in [0.1, 0.15) is 5.75 Å². The molecule has 0 heterocycles. The van der Waals surface area contributed by atoms with Crippen molar-refractivity contribution in [3.8, 4) is 5.75 Å². The molecule has 0 bridgehead atoms. The van der Waals surface area contributed by atoms with Gasteiger partial charge in [-0.05, 0) is 47.8 Å². The predicted octanol–water partition coefficient (Wildman–Crippen LogP) is 6.28. The lowest BCUT2D eigenvalue weighted by atomic mass is 9.76. The summed E-state index contributed by atoms with van der Waals surface area (Å²) in [5, 5.41) is 14.9. The average Bonchev–Trinajstić information content (AvgIpc) is 2.82. The number of rotatable bonds is 12. The van der Waals surface area contributed by atoms with Gasteiger partial charge in [-0.2, -0.15) is 5.10 Å². The summed E-state index contributed by atoms with van der Waals surface area (Å²) in [4.78, 5) is 22.7. The van der Waals surface area contributed by atoms with E-state index in [9.17, 15) is 14.9 Å². The molecule has 0 aromatic heterocycles. The number of nitrogens with zero attached hydrogens (tertiary/aromatic N) is 2. The van der Waals surface area contributed by atoms with E-state index in [-0.39, 0.29) is 28.8 Å². The summed E-state index contributed by atoms with van der Waals surface area (Å²) >= 11 is 0. The van der Waals surface area contributed by atoms with Crippen LogP contribution in [0.25, 0.3) is 0 Å². The first-order valence-electron chi connectivity index (χ1n) is 11.8. The van der Waals surface area contributed by atoms with Crippen molar-refractivity contribution in [1.82, 2.24) is 5.43 Å². The van der Waals surface area contributed by atoms with Crippen molar-refractivity contribution in [1.29, 1.82) is 0 Å². The van der Waals surface area contributed by atoms with E-state index in [0.717, 1.165) is 18.6 Å². The molecule has 0 aliphatic carbocycles. The van der Waals surface area contributed by atoms with Crippen LogP contribution in [0, 0.1) is 10.1 Å². The van der Waals surface area contributed by atoms with Crippen molar-refractivity contribution in [3.05, 3.63) is 69.3 Å². The highest BCUT2D eigenvalue weighted by Gasteiger charge is 2.26. The molecule has 7 nitrogen and oxygen atoms in total. The molecule has 2 aromatic carbocycles. The molecule has 0 atom stereocenters. The highest BCUT2D eigenvalue weighted by Crippen LogP contribution is 2.38. The van der Waals surface area contributed by atoms with E-state index >= 15 is 0 Å². The standard InChI is InChI=1S/C27H37N3O4/c1-7-26(3,4)21-15-16-24(22(18-21)27(5,6)8-2)34-17-11-14-25(31)29-28-19-20-12-9-10-13-23(20)30(32)33/h9-10,12-13,15-16,18-19H,7-8,11,14,17H2,1-6H3,(H,29,31)/b28-19+. The second kappa shape index (κ2) is 11.8. The van der Waals surface area contributed by atoms with E-state index in [0.29, 0.717) is 18.6 Å². The molecule has 2 rings (SSSR count). The Bertz CT molecular complexity index is 1030. The minimum atomic E-state index is -0.482. The topological polar surface area (TPSA) is 93.8 Å². The average molecular weight is 468 g/mol. The monoisotopic (exact) mass is 467 g/mol. The third-order valence-electron chi connectivity index (χ3n) is 6.59. The maximum Gasteiger partial charge on any atom is 0.278 e. The maximum atomic E-state index is 12.1. The lowest BCUT2D eigenvalue weighted by molar-refractivity contribution is -0.385. The van der Waals surface area contributed by atoms with Crippen LogP contribution in [0.2, 0.25) is 0 Å². The minimum Gasteiger partial charge on any atom is -0.493 e. The van der Waals surface area contributed by atoms with E-state index < -0.39 is 4.92 Å². The lowest BCUT2D eigenvalue weighted by Crippen LogP contribution is -2.21. The molecule has 0 radical (unpaired) electrons. The Morgan fingerprint density at radius 3 is 2.41 bits per heavy atom. The van der Waals surface area contributed by atoms with Crippen LogP contribution in [-0.4, -0.2) is 23.7 Å². The van der Waals surface area contributed by atoms with Gasteiger partial charge in [-0.1, -0.05) is 65.8 Å². The third kappa shape index (κ3) is 7.14. The smallest absolute Gasteiger partial charge is 0.278 e. The molecule has 2 aromatic rings. The first kappa shape index (κ1) is 27.0. The summed E-state index contributed by atoms with van der Waals surface area (Å²) in [7, 11) is 0. The number of para-hydroxylation sites is 1. The van der Waals surface area contributed by atoms with E-state index in [4.69, 9.17) is 4.74 Å². The number of carbonyl (C=O) groups excluding carboxylic acids is 1. The molecule has 0 spiro atoms. The summed E-state index contributed by atoms with van der Waals surface area (Å²) < 4.78 is 6.10. The van der Waals surface area contributed by atoms with Gasteiger partial charge in [0.05, 0.1) is 23.3 Å². The van der Waals surface area contributed by atoms with Crippen molar-refractivity contribution in [2.45, 2.75) is 78.1 Å². The van der Waals surface area contributed by atoms with Crippen LogP contribution in [0.4, 0.5) is 5.69 Å². The van der Waals surface area contributed by atoms with E-state index in [1.807, 2.05) is 0 Å². The number of benzene rings is 2. The van der Waals surface area contributed by atoms with Gasteiger partial charge in [0.15, 0.2) is 0 Å². The normalized spacial score (nSPS) is 12.1. The quantitative estimate of drug-likeness (QED) is 0.172. The summed E-state index contributed by atoms with van der Waals surface area (Å²) in [5.41, 5.74) is 5.25. The summed E-state index contributed by atoms with van der Waals surface area (Å²) in [6, 6.07) is 12.7. The molecule has 184 valence electrons. The Balaban J connectivity index is 1.95. The van der Waals surface area contributed by atoms with Crippen molar-refractivity contribution in [3.63, 3.8) is 0 Å². The highest BCUT2D eigenvalue weighted by molar-refractivity contribution is 5.86. The maximum absolute atomic E-state index is 12.1. The van der Waals surface area contributed by atoms with Crippen molar-refractivity contribution in [2.24, 2.45) is 5.10 Å². The SMILES string of the molecule is CCC(C)(C)c1ccc(OCCCC(=O)N/N=C/c2ccccc2[N+](=O)[O-])c(C(C)(C)CC)c1. The second-order valence-electron chi connectivity index (χ2n) is 9.75. The Morgan fingerprint density at radius 2 is 1.76 bits per heavy atom. The number of nitro groups is 1. The molecule has 0 fully saturated rings. The first-order chi connectivity index (χ1) is 16.0. The molecule has 0 unspecified atom stereocenters. The summed E-state index contributed by atoms with van der Waals surface area (Å²) in [5.74, 6) is 0.588. The largest absolute Gasteiger partial charge is 0.493 e. The fraction of sp³-hybridized carbons (Fsp3) is 0.481. The van der Waals surface area contributed by atoms with Gasteiger partial charge < -0.3 is 4.74 Å². The minimum absolute atomic E-state index is 0.0265. The molecular weight excluding hydrogens is 430 g/mol. The fourth-order valence-corrected chi connectivity index (χ4v) is 3.41. The number of nitro benzene ring substituents is 1. The zero-order valence-corrected chi connectivity index (χ0v) is 21.2. The molecule has 34 heavy (non-hydrogen) atoms. The number of carbonyl (C=O) groups is 1. The van der Waals surface area contributed by atoms with Crippen LogP contribution in [-0.2, 0) is 15.6 Å². The Hall–Kier alpha value is -3.22. The molecule has 1 N–H and O–H groups in total. The van der Waals surface area contributed by atoms with Crippen molar-refractivity contribution >= 4 is 17.8 Å². The number of ether oxygens (including phenoxy) is 1. The van der Waals surface area contributed by atoms with Crippen LogP contribution in [0.5, 0.6) is 5.75 Å². The second-order valence-corrected chi connectivity index (χ2v) is 9.75. The Kier molecular flexibility index (Phi) is 9.36. The number of amides is 1. The van der Waals surface area contributed by atoms with Gasteiger partial charge in [0, 0.05) is 18.1 Å². The first-order valence-corrected chi connectivity index (χ1v) is 11.8. The van der Waals surface area contributed by atoms with Gasteiger partial charge in [-0.3, -0.25) is 14.9 Å². The highest BCUT2D eigenvalue weighted by atomic mass is 16.6. The van der Waals surface area contributed by atoms with Crippen LogP contribution < -0.4 is 10.2 Å². The van der Waals surface area contributed by atoms with Gasteiger partial charge in [0.25, 0.3) is 5.69 Å². The molecule has 1 amide bonds. The predicted molar refractivity (Wildman–Crippen MR) is 137 cm³/mol. The number of hydrogen-bond acceptors (Lipinski definition) is 5. The van der Waals surface area contributed by atoms with Crippen LogP contribution in [0.1, 0.15) is 83.9 Å². The number of nitrogens with one attached hydrogen (secondary N) is 1. The van der Waals surface area contributed by atoms with Gasteiger partial charge in [0.2, 0.25) is 5.91 Å². The molecule has 0 saturated carbocycles. The van der Waals surface area contributed by atoms with E-state index in [1.54, 1.807) is 18.2 Å². The fourth-order valence-electron chi connectivity index (χ4n) is 3.41. The molecule has 0 aliphatic rings. The summed E-state index contributed by atoms with van der Waals surface area (Å²) in [6.07, 6.45) is 4.08. The molecular formula is C27H37N3O4. The number of hydrogen-bond donors (Lipinski definition) is 1. The van der Waals surface area contributed by atoms with Crippen LogP contribution >= 0.6 is 0 Å². The van der Waals surface area contributed by atoms with Crippen LogP contribution in [0.15, 0.2) is 47.6 Å². The van der Waals surface area contributed by atoms with Gasteiger partial charge in [-0.15, -0.1) is 0 Å². The molecule has 7 heteroatoms. The van der Waals surface area contributed by atoms with Crippen molar-refractivity contribution in [2.75, 3.05) is 6.61 Å². The number of hydrazone groups is 1. The third-order valence-corrected chi connectivity index (χ3v) is 6.59. The van der Waals surface area contributed by atoms with Gasteiger partial charge >= 0.3 is 0 Å². The van der Waals surface area contributed by atoms with Crippen molar-refractivity contribution < 1.29 is 14.5 Å². The van der Waals surface area contributed by atoms with Crippen LogP contribution in [0.3, 0.4) is 0 Å². The van der Waals surface area contributed by atoms with Gasteiger partial charge in [-0.25, -0.2) is 5.43 Å². The Labute approximate surface area is 202 Å². The van der Waals surface area contributed by atoms with E-state index in [1.165, 1.54) is 23.4 Å². The lowest BCUT2D eigenvalue weighted by Gasteiger charge is -2.30. The molecule has 0 saturated heterocycles. The summed E-state index contributed by atoms with van der Waals surface area (Å²) in [6.45, 7) is 13.7. The Morgan fingerprint density at radius 1 is 1.09 bits per heavy atom. The zero-order valence-electron chi connectivity index (χ0n) is 21.2.